The van der Waals surface area contributed by atoms with Crippen molar-refractivity contribution in [3.05, 3.63) is 22.8 Å². The fraction of sp³-hybridized carbons (Fsp3) is 0.625. The quantitative estimate of drug-likeness (QED) is 0.762. The van der Waals surface area contributed by atoms with Crippen molar-refractivity contribution < 1.29 is 10.2 Å². The Labute approximate surface area is 111 Å². The molecule has 0 bridgehead atoms. The average molecular weight is 250 g/mol. The molecule has 1 rings (SSSR count). The van der Waals surface area contributed by atoms with Crippen LogP contribution in [0.25, 0.3) is 0 Å². The Morgan fingerprint density at radius 2 is 1.50 bits per heavy atom. The number of aromatic hydroxyl groups is 2. The number of phenolic OH excluding ortho intramolecular Hbond substituents is 2. The molecule has 0 radical (unpaired) electrons. The minimum absolute atomic E-state index is 0.169. The first kappa shape index (κ1) is 14.9. The van der Waals surface area contributed by atoms with Crippen molar-refractivity contribution in [1.82, 2.24) is 0 Å². The molecule has 2 nitrogen and oxygen atoms in total. The molecule has 2 heteroatoms. The summed E-state index contributed by atoms with van der Waals surface area (Å²) in [4.78, 5) is 0. The van der Waals surface area contributed by atoms with Gasteiger partial charge in [0.05, 0.1) is 0 Å². The van der Waals surface area contributed by atoms with Crippen LogP contribution >= 0.6 is 0 Å². The minimum atomic E-state index is -0.169. The van der Waals surface area contributed by atoms with Crippen molar-refractivity contribution >= 4 is 0 Å². The average Bonchev–Trinajstić information content (AvgIpc) is 2.09. The molecule has 0 amide bonds. The van der Waals surface area contributed by atoms with Gasteiger partial charge in [-0.05, 0) is 48.3 Å². The number of hydrogen-bond acceptors (Lipinski definition) is 2. The highest BCUT2D eigenvalue weighted by Gasteiger charge is 2.32. The van der Waals surface area contributed by atoms with Crippen molar-refractivity contribution in [1.29, 1.82) is 0 Å². The zero-order chi connectivity index (χ0) is 14.3. The van der Waals surface area contributed by atoms with Gasteiger partial charge in [-0.2, -0.15) is 0 Å². The Bertz CT molecular complexity index is 451. The van der Waals surface area contributed by atoms with E-state index in [9.17, 15) is 10.2 Å². The smallest absolute Gasteiger partial charge is 0.121 e. The topological polar surface area (TPSA) is 40.5 Å². The summed E-state index contributed by atoms with van der Waals surface area (Å²) in [5.41, 5.74) is 2.38. The van der Waals surface area contributed by atoms with Crippen molar-refractivity contribution in [2.24, 2.45) is 5.41 Å². The second kappa shape index (κ2) is 4.49. The van der Waals surface area contributed by atoms with Crippen LogP contribution in [-0.4, -0.2) is 10.2 Å². The normalized spacial score (nSPS) is 12.8. The fourth-order valence-corrected chi connectivity index (χ4v) is 3.22. The van der Waals surface area contributed by atoms with Crippen LogP contribution < -0.4 is 0 Å². The Morgan fingerprint density at radius 3 is 1.94 bits per heavy atom. The maximum absolute atomic E-state index is 10.2. The molecule has 0 heterocycles. The molecule has 0 spiro atoms. The summed E-state index contributed by atoms with van der Waals surface area (Å²) in [6.07, 6.45) is 0.941. The van der Waals surface area contributed by atoms with Crippen LogP contribution in [0.5, 0.6) is 11.5 Å². The van der Waals surface area contributed by atoms with E-state index in [1.807, 2.05) is 13.8 Å². The van der Waals surface area contributed by atoms with Crippen LogP contribution in [-0.2, 0) is 5.41 Å². The van der Waals surface area contributed by atoms with Crippen LogP contribution in [0.2, 0.25) is 0 Å². The van der Waals surface area contributed by atoms with Crippen molar-refractivity contribution in [3.8, 4) is 11.5 Å². The summed E-state index contributed by atoms with van der Waals surface area (Å²) in [6.45, 7) is 14.5. The zero-order valence-corrected chi connectivity index (χ0v) is 12.7. The van der Waals surface area contributed by atoms with E-state index in [1.165, 1.54) is 0 Å². The third-order valence-corrected chi connectivity index (χ3v) is 3.36. The van der Waals surface area contributed by atoms with Gasteiger partial charge < -0.3 is 10.2 Å². The first-order chi connectivity index (χ1) is 7.96. The van der Waals surface area contributed by atoms with Gasteiger partial charge >= 0.3 is 0 Å². The molecule has 1 aromatic carbocycles. The standard InChI is InChI=1S/C16H26O2/c1-10-8-12(17)13(11(2)14(10)18)16(6,7)9-15(3,4)5/h8,17-18H,9H2,1-7H3. The number of hydrogen-bond donors (Lipinski definition) is 2. The van der Waals surface area contributed by atoms with Gasteiger partial charge in [-0.3, -0.25) is 0 Å². The molecular formula is C16H26O2. The summed E-state index contributed by atoms with van der Waals surface area (Å²) < 4.78 is 0. The summed E-state index contributed by atoms with van der Waals surface area (Å²) >= 11 is 0. The minimum Gasteiger partial charge on any atom is -0.508 e. The van der Waals surface area contributed by atoms with Crippen molar-refractivity contribution in [3.63, 3.8) is 0 Å². The molecule has 0 aromatic heterocycles. The second-order valence-electron chi connectivity index (χ2n) is 7.18. The van der Waals surface area contributed by atoms with E-state index in [0.717, 1.165) is 23.1 Å². The molecule has 0 fully saturated rings. The monoisotopic (exact) mass is 250 g/mol. The highest BCUT2D eigenvalue weighted by Crippen LogP contribution is 2.44. The largest absolute Gasteiger partial charge is 0.508 e. The lowest BCUT2D eigenvalue weighted by Gasteiger charge is -2.34. The number of rotatable bonds is 2. The van der Waals surface area contributed by atoms with E-state index < -0.39 is 0 Å². The van der Waals surface area contributed by atoms with Crippen molar-refractivity contribution in [2.75, 3.05) is 0 Å². The maximum atomic E-state index is 10.2. The van der Waals surface area contributed by atoms with Crippen LogP contribution in [0.4, 0.5) is 0 Å². The molecule has 0 saturated heterocycles. The van der Waals surface area contributed by atoms with Crippen LogP contribution in [0.3, 0.4) is 0 Å². The summed E-state index contributed by atoms with van der Waals surface area (Å²) in [6, 6.07) is 1.65. The lowest BCUT2D eigenvalue weighted by molar-refractivity contribution is 0.276. The van der Waals surface area contributed by atoms with Gasteiger partial charge in [-0.1, -0.05) is 34.6 Å². The molecule has 2 N–H and O–H groups in total. The van der Waals surface area contributed by atoms with Gasteiger partial charge in [0.1, 0.15) is 11.5 Å². The van der Waals surface area contributed by atoms with Crippen molar-refractivity contribution in [2.45, 2.75) is 60.3 Å². The first-order valence-electron chi connectivity index (χ1n) is 6.48. The predicted molar refractivity (Wildman–Crippen MR) is 76.3 cm³/mol. The molecule has 102 valence electrons. The van der Waals surface area contributed by atoms with E-state index in [-0.39, 0.29) is 16.6 Å². The molecule has 0 unspecified atom stereocenters. The fourth-order valence-electron chi connectivity index (χ4n) is 3.22. The SMILES string of the molecule is Cc1cc(O)c(C(C)(C)CC(C)(C)C)c(C)c1O. The van der Waals surface area contributed by atoms with E-state index >= 15 is 0 Å². The molecule has 18 heavy (non-hydrogen) atoms. The Morgan fingerprint density at radius 1 is 1.00 bits per heavy atom. The third-order valence-electron chi connectivity index (χ3n) is 3.36. The highest BCUT2D eigenvalue weighted by molar-refractivity contribution is 5.54. The molecule has 0 saturated carbocycles. The van der Waals surface area contributed by atoms with Gasteiger partial charge in [0.2, 0.25) is 0 Å². The van der Waals surface area contributed by atoms with Gasteiger partial charge in [0.15, 0.2) is 0 Å². The summed E-state index contributed by atoms with van der Waals surface area (Å²) in [5.74, 6) is 0.585. The number of phenols is 2. The Hall–Kier alpha value is -1.18. The van der Waals surface area contributed by atoms with Gasteiger partial charge in [0.25, 0.3) is 0 Å². The zero-order valence-electron chi connectivity index (χ0n) is 12.7. The third kappa shape index (κ3) is 2.98. The number of aryl methyl sites for hydroxylation is 1. The first-order valence-corrected chi connectivity index (χ1v) is 6.48. The molecule has 0 atom stereocenters. The maximum Gasteiger partial charge on any atom is 0.121 e. The van der Waals surface area contributed by atoms with E-state index in [4.69, 9.17) is 0 Å². The molecule has 0 aliphatic carbocycles. The van der Waals surface area contributed by atoms with Gasteiger partial charge in [-0.25, -0.2) is 0 Å². The summed E-state index contributed by atoms with van der Waals surface area (Å²) in [7, 11) is 0. The highest BCUT2D eigenvalue weighted by atomic mass is 16.3. The molecular weight excluding hydrogens is 224 g/mol. The molecule has 1 aromatic rings. The molecule has 0 aliphatic heterocycles. The number of benzene rings is 1. The van der Waals surface area contributed by atoms with Crippen LogP contribution in [0.15, 0.2) is 6.07 Å². The van der Waals surface area contributed by atoms with Crippen LogP contribution in [0, 0.1) is 19.3 Å². The summed E-state index contributed by atoms with van der Waals surface area (Å²) in [5, 5.41) is 20.3. The van der Waals surface area contributed by atoms with Crippen LogP contribution in [0.1, 0.15) is 57.7 Å². The Kier molecular flexibility index (Phi) is 3.71. The Balaban J connectivity index is 3.37. The predicted octanol–water partition coefficient (Wildman–Crippen LogP) is 4.43. The lowest BCUT2D eigenvalue weighted by Crippen LogP contribution is -2.26. The lowest BCUT2D eigenvalue weighted by atomic mass is 9.70. The van der Waals surface area contributed by atoms with E-state index in [1.54, 1.807) is 6.07 Å². The van der Waals surface area contributed by atoms with E-state index in [0.29, 0.717) is 5.75 Å². The molecule has 0 aliphatic rings. The second-order valence-corrected chi connectivity index (χ2v) is 7.18. The van der Waals surface area contributed by atoms with Gasteiger partial charge in [0, 0.05) is 5.56 Å². The van der Waals surface area contributed by atoms with Gasteiger partial charge in [-0.15, -0.1) is 0 Å². The van der Waals surface area contributed by atoms with E-state index in [2.05, 4.69) is 34.6 Å².